The Kier molecular flexibility index (Phi) is 5.55. The lowest BCUT2D eigenvalue weighted by molar-refractivity contribution is -0.142. The summed E-state index contributed by atoms with van der Waals surface area (Å²) in [4.78, 5) is 23.8. The minimum atomic E-state index is -0.712. The fraction of sp³-hybridized carbons (Fsp3) is 0.571. The Morgan fingerprint density at radius 1 is 1.40 bits per heavy atom. The van der Waals surface area contributed by atoms with Gasteiger partial charge in [0.25, 0.3) is 0 Å². The van der Waals surface area contributed by atoms with Crippen LogP contribution in [0.15, 0.2) is 17.5 Å². The zero-order chi connectivity index (χ0) is 14.4. The largest absolute Gasteiger partial charge is 0.481 e. The minimum Gasteiger partial charge on any atom is -0.481 e. The van der Waals surface area contributed by atoms with E-state index in [0.29, 0.717) is 13.1 Å². The fourth-order valence-electron chi connectivity index (χ4n) is 2.64. The average molecular weight is 296 g/mol. The van der Waals surface area contributed by atoms with Crippen molar-refractivity contribution in [3.8, 4) is 0 Å². The Morgan fingerprint density at radius 3 is 2.95 bits per heavy atom. The summed E-state index contributed by atoms with van der Waals surface area (Å²) in [5.74, 6) is -0.867. The first-order valence-corrected chi connectivity index (χ1v) is 7.77. The molecule has 0 radical (unpaired) electrons. The maximum Gasteiger partial charge on any atom is 0.306 e. The Bertz CT molecular complexity index is 447. The molecule has 0 bridgehead atoms. The van der Waals surface area contributed by atoms with Gasteiger partial charge in [-0.3, -0.25) is 9.59 Å². The smallest absolute Gasteiger partial charge is 0.306 e. The van der Waals surface area contributed by atoms with E-state index in [9.17, 15) is 9.59 Å². The van der Waals surface area contributed by atoms with Crippen LogP contribution in [0.25, 0.3) is 0 Å². The molecule has 3 N–H and O–H groups in total. The molecule has 1 heterocycles. The molecule has 1 aromatic rings. The number of aliphatic carboxylic acids is 1. The molecule has 0 aliphatic heterocycles. The zero-order valence-corrected chi connectivity index (χ0v) is 12.1. The molecule has 0 saturated heterocycles. The lowest BCUT2D eigenvalue weighted by atomic mass is 9.96. The summed E-state index contributed by atoms with van der Waals surface area (Å²) >= 11 is 1.61. The normalized spacial score (nSPS) is 21.8. The molecule has 1 fully saturated rings. The number of carboxylic acid groups (broad SMARTS) is 1. The molecular weight excluding hydrogens is 276 g/mol. The highest BCUT2D eigenvalue weighted by atomic mass is 32.1. The van der Waals surface area contributed by atoms with Gasteiger partial charge in [-0.05, 0) is 36.8 Å². The van der Waals surface area contributed by atoms with Crippen LogP contribution in [0.2, 0.25) is 0 Å². The molecule has 1 saturated carbocycles. The molecule has 0 aromatic carbocycles. The minimum absolute atomic E-state index is 0.0525. The lowest BCUT2D eigenvalue weighted by Crippen LogP contribution is -2.37. The van der Waals surface area contributed by atoms with Crippen LogP contribution in [0, 0.1) is 11.8 Å². The molecule has 1 amide bonds. The molecular formula is C14H20N2O3S. The predicted molar refractivity (Wildman–Crippen MR) is 77.5 cm³/mol. The highest BCUT2D eigenvalue weighted by molar-refractivity contribution is 7.09. The molecule has 2 unspecified atom stereocenters. The van der Waals surface area contributed by atoms with E-state index in [1.807, 2.05) is 17.5 Å². The predicted octanol–water partition coefficient (Wildman–Crippen LogP) is 1.45. The van der Waals surface area contributed by atoms with E-state index in [0.717, 1.165) is 24.1 Å². The standard InChI is InChI=1S/C14H20N2O3S/c17-13(16-8-11-4-2-6-20-11)9-15-7-10-3-1-5-12(10)14(18)19/h2,4,6,10,12,15H,1,3,5,7-9H2,(H,16,17)(H,18,19). The summed E-state index contributed by atoms with van der Waals surface area (Å²) in [5, 5.41) is 17.0. The Balaban J connectivity index is 1.62. The number of hydrogen-bond donors (Lipinski definition) is 3. The van der Waals surface area contributed by atoms with Crippen LogP contribution in [0.4, 0.5) is 0 Å². The van der Waals surface area contributed by atoms with Gasteiger partial charge in [-0.1, -0.05) is 12.5 Å². The first-order chi connectivity index (χ1) is 9.66. The molecule has 20 heavy (non-hydrogen) atoms. The van der Waals surface area contributed by atoms with Gasteiger partial charge in [-0.15, -0.1) is 11.3 Å². The van der Waals surface area contributed by atoms with E-state index in [2.05, 4.69) is 10.6 Å². The van der Waals surface area contributed by atoms with Crippen molar-refractivity contribution < 1.29 is 14.7 Å². The SMILES string of the molecule is O=C(CNCC1CCCC1C(=O)O)NCc1cccs1. The molecule has 2 atom stereocenters. The number of nitrogens with one attached hydrogen (secondary N) is 2. The van der Waals surface area contributed by atoms with E-state index in [-0.39, 0.29) is 24.3 Å². The van der Waals surface area contributed by atoms with E-state index in [1.165, 1.54) is 0 Å². The fourth-order valence-corrected chi connectivity index (χ4v) is 3.28. The second kappa shape index (κ2) is 7.40. The maximum absolute atomic E-state index is 11.6. The molecule has 1 aliphatic carbocycles. The van der Waals surface area contributed by atoms with Gasteiger partial charge >= 0.3 is 5.97 Å². The third kappa shape index (κ3) is 4.31. The first-order valence-electron chi connectivity index (χ1n) is 6.89. The Labute approximate surface area is 122 Å². The number of thiophene rings is 1. The number of amides is 1. The highest BCUT2D eigenvalue weighted by Crippen LogP contribution is 2.31. The van der Waals surface area contributed by atoms with Gasteiger partial charge in [0.2, 0.25) is 5.91 Å². The van der Waals surface area contributed by atoms with Gasteiger partial charge in [0, 0.05) is 4.88 Å². The van der Waals surface area contributed by atoms with Gasteiger partial charge in [-0.2, -0.15) is 0 Å². The van der Waals surface area contributed by atoms with Gasteiger partial charge < -0.3 is 15.7 Å². The quantitative estimate of drug-likeness (QED) is 0.712. The third-order valence-corrected chi connectivity index (χ3v) is 4.58. The van der Waals surface area contributed by atoms with Crippen LogP contribution in [-0.2, 0) is 16.1 Å². The first kappa shape index (κ1) is 15.0. The second-order valence-corrected chi connectivity index (χ2v) is 6.15. The van der Waals surface area contributed by atoms with Crippen molar-refractivity contribution in [3.63, 3.8) is 0 Å². The van der Waals surface area contributed by atoms with E-state index >= 15 is 0 Å². The molecule has 1 aliphatic rings. The monoisotopic (exact) mass is 296 g/mol. The molecule has 1 aromatic heterocycles. The maximum atomic E-state index is 11.6. The summed E-state index contributed by atoms with van der Waals surface area (Å²) in [5.41, 5.74) is 0. The number of rotatable bonds is 7. The molecule has 6 heteroatoms. The third-order valence-electron chi connectivity index (χ3n) is 3.71. The summed E-state index contributed by atoms with van der Waals surface area (Å²) in [7, 11) is 0. The van der Waals surface area contributed by atoms with Crippen molar-refractivity contribution in [2.24, 2.45) is 11.8 Å². The van der Waals surface area contributed by atoms with Crippen LogP contribution in [0.5, 0.6) is 0 Å². The zero-order valence-electron chi connectivity index (χ0n) is 11.3. The molecule has 5 nitrogen and oxygen atoms in total. The van der Waals surface area contributed by atoms with E-state index in [4.69, 9.17) is 5.11 Å². The van der Waals surface area contributed by atoms with Gasteiger partial charge in [-0.25, -0.2) is 0 Å². The van der Waals surface area contributed by atoms with Crippen molar-refractivity contribution in [3.05, 3.63) is 22.4 Å². The summed E-state index contributed by atoms with van der Waals surface area (Å²) in [6.07, 6.45) is 2.65. The number of hydrogen-bond acceptors (Lipinski definition) is 4. The summed E-state index contributed by atoms with van der Waals surface area (Å²) in [6, 6.07) is 3.94. The summed E-state index contributed by atoms with van der Waals surface area (Å²) in [6.45, 7) is 1.40. The highest BCUT2D eigenvalue weighted by Gasteiger charge is 2.32. The van der Waals surface area contributed by atoms with Crippen LogP contribution >= 0.6 is 11.3 Å². The van der Waals surface area contributed by atoms with Gasteiger partial charge in [0.05, 0.1) is 19.0 Å². The topological polar surface area (TPSA) is 78.4 Å². The Morgan fingerprint density at radius 2 is 2.25 bits per heavy atom. The van der Waals surface area contributed by atoms with Gasteiger partial charge in [0.15, 0.2) is 0 Å². The number of carbonyl (C=O) groups is 2. The van der Waals surface area contributed by atoms with Gasteiger partial charge in [0.1, 0.15) is 0 Å². The van der Waals surface area contributed by atoms with E-state index in [1.54, 1.807) is 11.3 Å². The molecule has 110 valence electrons. The molecule has 2 rings (SSSR count). The Hall–Kier alpha value is -1.40. The van der Waals surface area contributed by atoms with Crippen molar-refractivity contribution in [2.75, 3.05) is 13.1 Å². The van der Waals surface area contributed by atoms with Crippen LogP contribution in [0.1, 0.15) is 24.1 Å². The molecule has 0 spiro atoms. The second-order valence-electron chi connectivity index (χ2n) is 5.12. The van der Waals surface area contributed by atoms with Crippen molar-refractivity contribution in [1.29, 1.82) is 0 Å². The summed E-state index contributed by atoms with van der Waals surface area (Å²) < 4.78 is 0. The average Bonchev–Trinajstić information content (AvgIpc) is 3.07. The number of carboxylic acids is 1. The van der Waals surface area contributed by atoms with Crippen molar-refractivity contribution >= 4 is 23.2 Å². The number of carbonyl (C=O) groups excluding carboxylic acids is 1. The van der Waals surface area contributed by atoms with Crippen molar-refractivity contribution in [1.82, 2.24) is 10.6 Å². The van der Waals surface area contributed by atoms with Crippen LogP contribution in [-0.4, -0.2) is 30.1 Å². The lowest BCUT2D eigenvalue weighted by Gasteiger charge is -2.16. The van der Waals surface area contributed by atoms with Crippen LogP contribution < -0.4 is 10.6 Å². The van der Waals surface area contributed by atoms with E-state index < -0.39 is 5.97 Å². The van der Waals surface area contributed by atoms with Crippen LogP contribution in [0.3, 0.4) is 0 Å². The van der Waals surface area contributed by atoms with Crippen molar-refractivity contribution in [2.45, 2.75) is 25.8 Å².